The first-order valence-corrected chi connectivity index (χ1v) is 2.94. The molecule has 0 amide bonds. The zero-order valence-corrected chi connectivity index (χ0v) is 6.29. The van der Waals surface area contributed by atoms with Crippen molar-refractivity contribution in [2.24, 2.45) is 4.99 Å². The van der Waals surface area contributed by atoms with Crippen LogP contribution in [0.4, 0.5) is 13.2 Å². The van der Waals surface area contributed by atoms with Crippen LogP contribution in [0.25, 0.3) is 0 Å². The molecule has 0 aliphatic carbocycles. The monoisotopic (exact) mass is 169 g/mol. The van der Waals surface area contributed by atoms with Crippen molar-refractivity contribution >= 4 is 5.96 Å². The Morgan fingerprint density at radius 1 is 1.45 bits per heavy atom. The minimum Gasteiger partial charge on any atom is -0.359 e. The van der Waals surface area contributed by atoms with E-state index in [1.807, 2.05) is 0 Å². The first kappa shape index (κ1) is 10.1. The van der Waals surface area contributed by atoms with Crippen LogP contribution >= 0.6 is 0 Å². The highest BCUT2D eigenvalue weighted by atomic mass is 19.4. The minimum atomic E-state index is -4.20. The van der Waals surface area contributed by atoms with Gasteiger partial charge in [-0.25, -0.2) is 0 Å². The zero-order valence-electron chi connectivity index (χ0n) is 6.29. The second-order valence-corrected chi connectivity index (χ2v) is 1.79. The summed E-state index contributed by atoms with van der Waals surface area (Å²) in [6.07, 6.45) is -4.20. The van der Waals surface area contributed by atoms with Crippen LogP contribution in [0, 0.1) is 0 Å². The van der Waals surface area contributed by atoms with Crippen molar-refractivity contribution in [3.05, 3.63) is 0 Å². The van der Waals surface area contributed by atoms with Gasteiger partial charge in [0.15, 0.2) is 5.96 Å². The van der Waals surface area contributed by atoms with Gasteiger partial charge in [0.05, 0.1) is 0 Å². The predicted molar refractivity (Wildman–Crippen MR) is 36.5 cm³/mol. The average Bonchev–Trinajstić information content (AvgIpc) is 1.88. The molecular formula is C5H10F3N3. The van der Waals surface area contributed by atoms with Crippen molar-refractivity contribution in [1.82, 2.24) is 10.6 Å². The van der Waals surface area contributed by atoms with Crippen LogP contribution in [-0.4, -0.2) is 32.8 Å². The van der Waals surface area contributed by atoms with Crippen LogP contribution in [0.2, 0.25) is 0 Å². The summed E-state index contributed by atoms with van der Waals surface area (Å²) in [5.74, 6) is 0.127. The number of hydrogen-bond acceptors (Lipinski definition) is 1. The summed E-state index contributed by atoms with van der Waals surface area (Å²) < 4.78 is 34.6. The lowest BCUT2D eigenvalue weighted by molar-refractivity contribution is -0.122. The molecule has 6 heteroatoms. The molecule has 0 rings (SSSR count). The van der Waals surface area contributed by atoms with E-state index in [0.717, 1.165) is 0 Å². The molecule has 0 aromatic rings. The van der Waals surface area contributed by atoms with E-state index >= 15 is 0 Å². The molecule has 0 aromatic heterocycles. The van der Waals surface area contributed by atoms with Crippen molar-refractivity contribution < 1.29 is 13.2 Å². The molecule has 11 heavy (non-hydrogen) atoms. The molecule has 0 bridgehead atoms. The molecule has 0 spiro atoms. The van der Waals surface area contributed by atoms with Crippen LogP contribution in [0.3, 0.4) is 0 Å². The molecule has 0 heterocycles. The fourth-order valence-electron chi connectivity index (χ4n) is 0.463. The highest BCUT2D eigenvalue weighted by Crippen LogP contribution is 2.11. The van der Waals surface area contributed by atoms with E-state index < -0.39 is 12.7 Å². The standard InChI is InChI=1S/C5H10F3N3/c1-9-4(10-2)11-3-5(6,7)8/h3H2,1-2H3,(H2,9,10,11). The highest BCUT2D eigenvalue weighted by molar-refractivity contribution is 5.79. The molecule has 0 atom stereocenters. The lowest BCUT2D eigenvalue weighted by Crippen LogP contribution is -2.40. The zero-order chi connectivity index (χ0) is 8.91. The Bertz CT molecular complexity index is 140. The van der Waals surface area contributed by atoms with Crippen LogP contribution in [-0.2, 0) is 0 Å². The molecule has 0 saturated carbocycles. The Labute approximate surface area is 62.7 Å². The second kappa shape index (κ2) is 4.05. The van der Waals surface area contributed by atoms with Gasteiger partial charge in [0.2, 0.25) is 0 Å². The predicted octanol–water partition coefficient (Wildman–Crippen LogP) is 0.343. The third kappa shape index (κ3) is 5.50. The van der Waals surface area contributed by atoms with Crippen LogP contribution in [0.5, 0.6) is 0 Å². The molecular weight excluding hydrogens is 159 g/mol. The van der Waals surface area contributed by atoms with Crippen LogP contribution in [0.15, 0.2) is 4.99 Å². The summed E-state index contributed by atoms with van der Waals surface area (Å²) in [4.78, 5) is 3.50. The largest absolute Gasteiger partial charge is 0.405 e. The number of nitrogens with one attached hydrogen (secondary N) is 2. The van der Waals surface area contributed by atoms with Gasteiger partial charge in [0, 0.05) is 14.1 Å². The Balaban J connectivity index is 3.70. The summed E-state index contributed by atoms with van der Waals surface area (Å²) in [5, 5.41) is 4.54. The summed E-state index contributed by atoms with van der Waals surface area (Å²) in [6, 6.07) is 0. The van der Waals surface area contributed by atoms with Gasteiger partial charge >= 0.3 is 6.18 Å². The topological polar surface area (TPSA) is 36.4 Å². The fraction of sp³-hybridized carbons (Fsp3) is 0.800. The first-order valence-electron chi connectivity index (χ1n) is 2.94. The van der Waals surface area contributed by atoms with Gasteiger partial charge < -0.3 is 10.6 Å². The van der Waals surface area contributed by atoms with Crippen LogP contribution < -0.4 is 10.6 Å². The maximum atomic E-state index is 11.5. The van der Waals surface area contributed by atoms with Crippen molar-refractivity contribution in [3.63, 3.8) is 0 Å². The van der Waals surface area contributed by atoms with E-state index in [1.165, 1.54) is 14.1 Å². The van der Waals surface area contributed by atoms with Crippen molar-refractivity contribution in [3.8, 4) is 0 Å². The van der Waals surface area contributed by atoms with Gasteiger partial charge in [-0.1, -0.05) is 0 Å². The van der Waals surface area contributed by atoms with Crippen molar-refractivity contribution in [1.29, 1.82) is 0 Å². The van der Waals surface area contributed by atoms with E-state index in [4.69, 9.17) is 0 Å². The molecule has 0 unspecified atom stereocenters. The minimum absolute atomic E-state index is 0.127. The number of rotatable bonds is 1. The summed E-state index contributed by atoms with van der Waals surface area (Å²) in [5.41, 5.74) is 0. The quantitative estimate of drug-likeness (QED) is 0.438. The van der Waals surface area contributed by atoms with E-state index in [2.05, 4.69) is 15.6 Å². The lowest BCUT2D eigenvalue weighted by Gasteiger charge is -2.10. The number of aliphatic imine (C=N–C) groups is 1. The Morgan fingerprint density at radius 3 is 2.27 bits per heavy atom. The molecule has 0 saturated heterocycles. The highest BCUT2D eigenvalue weighted by Gasteiger charge is 2.26. The van der Waals surface area contributed by atoms with E-state index in [1.54, 1.807) is 0 Å². The Morgan fingerprint density at radius 2 is 2.00 bits per heavy atom. The number of alkyl halides is 3. The molecule has 66 valence electrons. The van der Waals surface area contributed by atoms with Gasteiger partial charge in [-0.3, -0.25) is 4.99 Å². The molecule has 0 radical (unpaired) electrons. The van der Waals surface area contributed by atoms with Gasteiger partial charge in [0.25, 0.3) is 0 Å². The van der Waals surface area contributed by atoms with Gasteiger partial charge in [-0.05, 0) is 0 Å². The molecule has 0 aliphatic heterocycles. The normalized spacial score (nSPS) is 13.0. The fourth-order valence-corrected chi connectivity index (χ4v) is 0.463. The first-order chi connectivity index (χ1) is 4.99. The molecule has 3 nitrogen and oxygen atoms in total. The third-order valence-corrected chi connectivity index (χ3v) is 0.917. The SMILES string of the molecule is CN=C(NC)NCC(F)(F)F. The molecule has 2 N–H and O–H groups in total. The lowest BCUT2D eigenvalue weighted by atomic mass is 10.6. The molecule has 0 aromatic carbocycles. The Kier molecular flexibility index (Phi) is 3.70. The van der Waals surface area contributed by atoms with Gasteiger partial charge in [0.1, 0.15) is 6.54 Å². The van der Waals surface area contributed by atoms with Crippen molar-refractivity contribution in [2.75, 3.05) is 20.6 Å². The summed E-state index contributed by atoms with van der Waals surface area (Å²) in [7, 11) is 2.89. The van der Waals surface area contributed by atoms with Gasteiger partial charge in [-0.2, -0.15) is 13.2 Å². The molecule has 0 aliphatic rings. The number of hydrogen-bond donors (Lipinski definition) is 2. The van der Waals surface area contributed by atoms with E-state index in [9.17, 15) is 13.2 Å². The number of halogens is 3. The maximum Gasteiger partial charge on any atom is 0.405 e. The number of guanidine groups is 1. The molecule has 0 fully saturated rings. The smallest absolute Gasteiger partial charge is 0.359 e. The van der Waals surface area contributed by atoms with Gasteiger partial charge in [-0.15, -0.1) is 0 Å². The average molecular weight is 169 g/mol. The Hall–Kier alpha value is -0.940. The summed E-state index contributed by atoms with van der Waals surface area (Å²) in [6.45, 7) is -1.07. The van der Waals surface area contributed by atoms with Crippen molar-refractivity contribution in [2.45, 2.75) is 6.18 Å². The van der Waals surface area contributed by atoms with E-state index in [0.29, 0.717) is 0 Å². The maximum absolute atomic E-state index is 11.5. The second-order valence-electron chi connectivity index (χ2n) is 1.79. The number of nitrogens with zero attached hydrogens (tertiary/aromatic N) is 1. The third-order valence-electron chi connectivity index (χ3n) is 0.917. The van der Waals surface area contributed by atoms with E-state index in [-0.39, 0.29) is 5.96 Å². The summed E-state index contributed by atoms with van der Waals surface area (Å²) >= 11 is 0. The van der Waals surface area contributed by atoms with Crippen LogP contribution in [0.1, 0.15) is 0 Å².